The van der Waals surface area contributed by atoms with Crippen molar-refractivity contribution in [3.8, 4) is 16.9 Å². The molecule has 0 unspecified atom stereocenters. The van der Waals surface area contributed by atoms with Crippen LogP contribution < -0.4 is 10.2 Å². The Labute approximate surface area is 211 Å². The van der Waals surface area contributed by atoms with Crippen LogP contribution >= 0.6 is 0 Å². The van der Waals surface area contributed by atoms with Crippen molar-refractivity contribution >= 4 is 17.9 Å². The molecule has 8 nitrogen and oxygen atoms in total. The molecule has 1 fully saturated rings. The van der Waals surface area contributed by atoms with Gasteiger partial charge in [0.1, 0.15) is 12.1 Å². The van der Waals surface area contributed by atoms with Gasteiger partial charge < -0.3 is 25.2 Å². The summed E-state index contributed by atoms with van der Waals surface area (Å²) in [6, 6.07) is 16.9. The number of aldehydes is 1. The molecule has 4 rings (SSSR count). The molecule has 36 heavy (non-hydrogen) atoms. The van der Waals surface area contributed by atoms with Gasteiger partial charge in [-0.05, 0) is 60.9 Å². The maximum atomic E-state index is 12.2. The van der Waals surface area contributed by atoms with Gasteiger partial charge in [0.25, 0.3) is 5.91 Å². The fraction of sp³-hybridized carbons (Fsp3) is 0.357. The predicted octanol–water partition coefficient (Wildman–Crippen LogP) is 3.08. The van der Waals surface area contributed by atoms with Gasteiger partial charge in [0, 0.05) is 31.8 Å². The number of aromatic nitrogens is 2. The summed E-state index contributed by atoms with van der Waals surface area (Å²) < 4.78 is 0. The molecule has 1 aliphatic rings. The Balaban J connectivity index is 1.35. The van der Waals surface area contributed by atoms with Gasteiger partial charge in [-0.2, -0.15) is 0 Å². The van der Waals surface area contributed by atoms with Gasteiger partial charge in [0.15, 0.2) is 11.4 Å². The second kappa shape index (κ2) is 11.8. The molecule has 2 aromatic carbocycles. The SMILES string of the molecule is Cc1nc(CC2CCN(c3ccc(-c4ccc(CCO)cc4)cc3)CC2)nc(C(=O)NCC=O)c1O. The molecule has 0 spiro atoms. The molecule has 1 amide bonds. The minimum atomic E-state index is -0.578. The molecule has 188 valence electrons. The summed E-state index contributed by atoms with van der Waals surface area (Å²) in [6.45, 7) is 3.51. The third-order valence-corrected chi connectivity index (χ3v) is 6.67. The molecule has 8 heteroatoms. The Morgan fingerprint density at radius 3 is 2.31 bits per heavy atom. The van der Waals surface area contributed by atoms with E-state index in [4.69, 9.17) is 5.11 Å². The number of hydrogen-bond donors (Lipinski definition) is 3. The highest BCUT2D eigenvalue weighted by Gasteiger charge is 2.23. The smallest absolute Gasteiger partial charge is 0.274 e. The van der Waals surface area contributed by atoms with Crippen LogP contribution in [0.5, 0.6) is 5.75 Å². The molecule has 0 bridgehead atoms. The van der Waals surface area contributed by atoms with Gasteiger partial charge in [-0.15, -0.1) is 0 Å². The van der Waals surface area contributed by atoms with E-state index in [-0.39, 0.29) is 24.6 Å². The fourth-order valence-electron chi connectivity index (χ4n) is 4.60. The van der Waals surface area contributed by atoms with E-state index in [0.29, 0.717) is 36.6 Å². The average molecular weight is 489 g/mol. The standard InChI is InChI=1S/C28H32N4O4/c1-19-27(35)26(28(36)29-13-17-34)31-25(30-19)18-21-10-14-32(15-11-21)24-8-6-23(7-9-24)22-4-2-20(3-5-22)12-16-33/h2-9,17,21,33,35H,10-16,18H2,1H3,(H,29,36). The maximum absolute atomic E-state index is 12.2. The first-order valence-corrected chi connectivity index (χ1v) is 12.3. The van der Waals surface area contributed by atoms with Crippen molar-refractivity contribution in [2.45, 2.75) is 32.6 Å². The van der Waals surface area contributed by atoms with E-state index in [9.17, 15) is 14.7 Å². The van der Waals surface area contributed by atoms with Crippen LogP contribution in [0.2, 0.25) is 0 Å². The molecule has 0 saturated carbocycles. The number of carbonyl (C=O) groups is 2. The summed E-state index contributed by atoms with van der Waals surface area (Å²) in [4.78, 5) is 33.8. The van der Waals surface area contributed by atoms with E-state index in [2.05, 4.69) is 68.7 Å². The third kappa shape index (κ3) is 6.07. The number of nitrogens with zero attached hydrogens (tertiary/aromatic N) is 3. The van der Waals surface area contributed by atoms with Crippen molar-refractivity contribution < 1.29 is 19.8 Å². The topological polar surface area (TPSA) is 116 Å². The lowest BCUT2D eigenvalue weighted by Gasteiger charge is -2.33. The fourth-order valence-corrected chi connectivity index (χ4v) is 4.60. The van der Waals surface area contributed by atoms with Gasteiger partial charge in [-0.1, -0.05) is 36.4 Å². The zero-order valence-corrected chi connectivity index (χ0v) is 20.5. The third-order valence-electron chi connectivity index (χ3n) is 6.67. The van der Waals surface area contributed by atoms with Gasteiger partial charge in [-0.3, -0.25) is 4.79 Å². The number of amides is 1. The van der Waals surface area contributed by atoms with Crippen molar-refractivity contribution in [2.75, 3.05) is 31.1 Å². The lowest BCUT2D eigenvalue weighted by Crippen LogP contribution is -2.34. The normalized spacial score (nSPS) is 14.0. The number of aliphatic hydroxyl groups is 1. The molecule has 2 heterocycles. The van der Waals surface area contributed by atoms with Crippen molar-refractivity contribution in [3.05, 3.63) is 71.3 Å². The Kier molecular flexibility index (Phi) is 8.28. The number of rotatable bonds is 9. The Hall–Kier alpha value is -3.78. The first-order valence-electron chi connectivity index (χ1n) is 12.3. The minimum Gasteiger partial charge on any atom is -0.504 e. The highest BCUT2D eigenvalue weighted by molar-refractivity contribution is 5.95. The van der Waals surface area contributed by atoms with Crippen LogP contribution in [0.3, 0.4) is 0 Å². The number of nitrogens with one attached hydrogen (secondary N) is 1. The van der Waals surface area contributed by atoms with Crippen LogP contribution in [-0.2, 0) is 17.6 Å². The monoisotopic (exact) mass is 488 g/mol. The van der Waals surface area contributed by atoms with E-state index in [1.807, 2.05) is 0 Å². The summed E-state index contributed by atoms with van der Waals surface area (Å²) in [7, 11) is 0. The van der Waals surface area contributed by atoms with Crippen molar-refractivity contribution in [2.24, 2.45) is 5.92 Å². The lowest BCUT2D eigenvalue weighted by atomic mass is 9.92. The summed E-state index contributed by atoms with van der Waals surface area (Å²) >= 11 is 0. The number of hydrogen-bond acceptors (Lipinski definition) is 7. The Bertz CT molecular complexity index is 1190. The van der Waals surface area contributed by atoms with E-state index in [0.717, 1.165) is 42.6 Å². The summed E-state index contributed by atoms with van der Waals surface area (Å²) in [5.41, 5.74) is 4.92. The Morgan fingerprint density at radius 2 is 1.69 bits per heavy atom. The second-order valence-electron chi connectivity index (χ2n) is 9.15. The predicted molar refractivity (Wildman–Crippen MR) is 138 cm³/mol. The van der Waals surface area contributed by atoms with Gasteiger partial charge in [0.2, 0.25) is 0 Å². The van der Waals surface area contributed by atoms with E-state index in [1.54, 1.807) is 6.92 Å². The lowest BCUT2D eigenvalue weighted by molar-refractivity contribution is -0.107. The molecule has 1 aliphatic heterocycles. The molecule has 1 aromatic heterocycles. The number of aliphatic hydroxyl groups excluding tert-OH is 1. The van der Waals surface area contributed by atoms with Crippen LogP contribution in [0.25, 0.3) is 11.1 Å². The van der Waals surface area contributed by atoms with Crippen molar-refractivity contribution in [3.63, 3.8) is 0 Å². The number of aryl methyl sites for hydroxylation is 1. The summed E-state index contributed by atoms with van der Waals surface area (Å²) in [6.07, 6.45) is 3.84. The number of benzene rings is 2. The van der Waals surface area contributed by atoms with Crippen LogP contribution in [0.15, 0.2) is 48.5 Å². The molecule has 0 atom stereocenters. The van der Waals surface area contributed by atoms with Gasteiger partial charge in [0.05, 0.1) is 12.2 Å². The molecule has 1 saturated heterocycles. The average Bonchev–Trinajstić information content (AvgIpc) is 2.90. The largest absolute Gasteiger partial charge is 0.504 e. The number of anilines is 1. The minimum absolute atomic E-state index is 0.0834. The van der Waals surface area contributed by atoms with Crippen LogP contribution in [0.4, 0.5) is 5.69 Å². The molecular formula is C28H32N4O4. The number of piperidine rings is 1. The van der Waals surface area contributed by atoms with Gasteiger partial charge >= 0.3 is 0 Å². The Morgan fingerprint density at radius 1 is 1.06 bits per heavy atom. The summed E-state index contributed by atoms with van der Waals surface area (Å²) in [5.74, 6) is 0.0920. The highest BCUT2D eigenvalue weighted by atomic mass is 16.3. The first-order chi connectivity index (χ1) is 17.5. The molecule has 3 N–H and O–H groups in total. The van der Waals surface area contributed by atoms with Gasteiger partial charge in [-0.25, -0.2) is 9.97 Å². The zero-order chi connectivity index (χ0) is 25.5. The van der Waals surface area contributed by atoms with Crippen LogP contribution in [-0.4, -0.2) is 58.6 Å². The van der Waals surface area contributed by atoms with Crippen molar-refractivity contribution in [1.29, 1.82) is 0 Å². The molecular weight excluding hydrogens is 456 g/mol. The van der Waals surface area contributed by atoms with Crippen molar-refractivity contribution in [1.82, 2.24) is 15.3 Å². The molecule has 3 aromatic rings. The van der Waals surface area contributed by atoms with E-state index in [1.165, 1.54) is 5.69 Å². The second-order valence-corrected chi connectivity index (χ2v) is 9.15. The number of carbonyl (C=O) groups excluding carboxylic acids is 2. The van der Waals surface area contributed by atoms with E-state index >= 15 is 0 Å². The molecule has 0 radical (unpaired) electrons. The summed E-state index contributed by atoms with van der Waals surface area (Å²) in [5, 5.41) is 21.7. The number of aromatic hydroxyl groups is 1. The maximum Gasteiger partial charge on any atom is 0.274 e. The highest BCUT2D eigenvalue weighted by Crippen LogP contribution is 2.29. The van der Waals surface area contributed by atoms with E-state index < -0.39 is 5.91 Å². The van der Waals surface area contributed by atoms with Crippen LogP contribution in [0.1, 0.15) is 40.4 Å². The first kappa shape index (κ1) is 25.3. The zero-order valence-electron chi connectivity index (χ0n) is 20.5. The quantitative estimate of drug-likeness (QED) is 0.397. The van der Waals surface area contributed by atoms with Crippen LogP contribution in [0, 0.1) is 12.8 Å². The molecule has 0 aliphatic carbocycles.